The van der Waals surface area contributed by atoms with E-state index in [2.05, 4.69) is 24.1 Å². The second kappa shape index (κ2) is 9.64. The Morgan fingerprint density at radius 3 is 2.58 bits per heavy atom. The number of hydrogen-bond donors (Lipinski definition) is 1. The summed E-state index contributed by atoms with van der Waals surface area (Å²) in [5.41, 5.74) is 1.21. The molecule has 1 saturated carbocycles. The molecule has 1 fully saturated rings. The summed E-state index contributed by atoms with van der Waals surface area (Å²) in [6.45, 7) is 8.54. The molecule has 0 saturated heterocycles. The molecule has 24 heavy (non-hydrogen) atoms. The Labute approximate surface area is 145 Å². The molecule has 0 radical (unpaired) electrons. The van der Waals surface area contributed by atoms with Crippen molar-refractivity contribution in [2.75, 3.05) is 40.1 Å². The number of ether oxygens (including phenoxy) is 2. The molecule has 0 spiro atoms. The molecule has 5 heteroatoms. The van der Waals surface area contributed by atoms with Gasteiger partial charge in [0.2, 0.25) is 5.91 Å². The number of carbonyl (C=O) groups excluding carboxylic acids is 1. The maximum Gasteiger partial charge on any atom is 0.223 e. The Balaban J connectivity index is 1.69. The van der Waals surface area contributed by atoms with Crippen LogP contribution in [-0.2, 0) is 9.53 Å². The number of nitrogens with zero attached hydrogens (tertiary/aromatic N) is 1. The Morgan fingerprint density at radius 1 is 1.25 bits per heavy atom. The van der Waals surface area contributed by atoms with Crippen LogP contribution in [0.1, 0.15) is 38.2 Å². The summed E-state index contributed by atoms with van der Waals surface area (Å²) >= 11 is 0. The highest BCUT2D eigenvalue weighted by molar-refractivity contribution is 5.82. The van der Waals surface area contributed by atoms with Gasteiger partial charge in [-0.3, -0.25) is 4.79 Å². The van der Waals surface area contributed by atoms with E-state index >= 15 is 0 Å². The lowest BCUT2D eigenvalue weighted by molar-refractivity contribution is -0.122. The number of methoxy groups -OCH3 is 1. The van der Waals surface area contributed by atoms with Crippen LogP contribution in [0.2, 0.25) is 0 Å². The Bertz CT molecular complexity index is 500. The van der Waals surface area contributed by atoms with E-state index < -0.39 is 0 Å². The molecule has 134 valence electrons. The van der Waals surface area contributed by atoms with Gasteiger partial charge in [0.25, 0.3) is 0 Å². The van der Waals surface area contributed by atoms with E-state index in [1.54, 1.807) is 7.11 Å². The van der Waals surface area contributed by atoms with Crippen molar-refractivity contribution in [2.45, 2.75) is 32.6 Å². The largest absolute Gasteiger partial charge is 0.468 e. The highest BCUT2D eigenvalue weighted by Gasteiger charge is 2.43. The SMILES string of the molecule is CCN(CC)CCCNC(=O)C1CC1c1ccc(OCOC)cc1. The third-order valence-corrected chi connectivity index (χ3v) is 4.62. The van der Waals surface area contributed by atoms with Gasteiger partial charge in [0.1, 0.15) is 5.75 Å². The van der Waals surface area contributed by atoms with Crippen LogP contribution in [0.15, 0.2) is 24.3 Å². The molecular formula is C19H30N2O3. The lowest BCUT2D eigenvalue weighted by Gasteiger charge is -2.17. The standard InChI is InChI=1S/C19H30N2O3/c1-4-21(5-2)12-6-11-20-19(22)18-13-17(18)15-7-9-16(10-8-15)24-14-23-3/h7-10,17-18H,4-6,11-14H2,1-3H3,(H,20,22). The van der Waals surface area contributed by atoms with Crippen LogP contribution in [0.25, 0.3) is 0 Å². The van der Waals surface area contributed by atoms with Gasteiger partial charge >= 0.3 is 0 Å². The molecule has 1 aromatic carbocycles. The van der Waals surface area contributed by atoms with E-state index in [-0.39, 0.29) is 18.6 Å². The minimum Gasteiger partial charge on any atom is -0.468 e. The van der Waals surface area contributed by atoms with Gasteiger partial charge in [-0.05, 0) is 56.1 Å². The summed E-state index contributed by atoms with van der Waals surface area (Å²) in [6, 6.07) is 7.96. The monoisotopic (exact) mass is 334 g/mol. The Hall–Kier alpha value is -1.59. The normalized spacial score (nSPS) is 19.3. The lowest BCUT2D eigenvalue weighted by atomic mass is 10.1. The van der Waals surface area contributed by atoms with Crippen LogP contribution < -0.4 is 10.1 Å². The molecule has 0 aromatic heterocycles. The summed E-state index contributed by atoms with van der Waals surface area (Å²) in [6.07, 6.45) is 1.95. The van der Waals surface area contributed by atoms with E-state index in [9.17, 15) is 4.79 Å². The molecule has 2 unspecified atom stereocenters. The maximum atomic E-state index is 12.2. The molecule has 5 nitrogen and oxygen atoms in total. The highest BCUT2D eigenvalue weighted by atomic mass is 16.7. The summed E-state index contributed by atoms with van der Waals surface area (Å²) in [5.74, 6) is 1.46. The van der Waals surface area contributed by atoms with E-state index in [1.165, 1.54) is 5.56 Å². The van der Waals surface area contributed by atoms with Crippen molar-refractivity contribution in [1.29, 1.82) is 0 Å². The predicted octanol–water partition coefficient (Wildman–Crippen LogP) is 2.62. The van der Waals surface area contributed by atoms with Crippen LogP contribution in [0.5, 0.6) is 5.75 Å². The number of rotatable bonds is 11. The molecule has 1 aromatic rings. The molecule has 1 aliphatic rings. The van der Waals surface area contributed by atoms with Crippen molar-refractivity contribution in [3.63, 3.8) is 0 Å². The lowest BCUT2D eigenvalue weighted by Crippen LogP contribution is -2.30. The van der Waals surface area contributed by atoms with Crippen LogP contribution in [-0.4, -0.2) is 50.9 Å². The first-order chi connectivity index (χ1) is 11.7. The van der Waals surface area contributed by atoms with Crippen LogP contribution in [0.4, 0.5) is 0 Å². The molecule has 1 aliphatic carbocycles. The van der Waals surface area contributed by atoms with Crippen LogP contribution in [0, 0.1) is 5.92 Å². The molecule has 0 bridgehead atoms. The van der Waals surface area contributed by atoms with Gasteiger partial charge in [0.15, 0.2) is 6.79 Å². The van der Waals surface area contributed by atoms with Crippen molar-refractivity contribution in [2.24, 2.45) is 5.92 Å². The average Bonchev–Trinajstić information content (AvgIpc) is 3.41. The molecular weight excluding hydrogens is 304 g/mol. The molecule has 0 heterocycles. The maximum absolute atomic E-state index is 12.2. The smallest absolute Gasteiger partial charge is 0.223 e. The first-order valence-corrected chi connectivity index (χ1v) is 8.91. The van der Waals surface area contributed by atoms with Crippen molar-refractivity contribution >= 4 is 5.91 Å². The van der Waals surface area contributed by atoms with Gasteiger partial charge in [0, 0.05) is 19.6 Å². The zero-order valence-electron chi connectivity index (χ0n) is 15.1. The fourth-order valence-corrected chi connectivity index (χ4v) is 2.98. The summed E-state index contributed by atoms with van der Waals surface area (Å²) in [7, 11) is 1.60. The summed E-state index contributed by atoms with van der Waals surface area (Å²) in [4.78, 5) is 14.6. The third kappa shape index (κ3) is 5.49. The summed E-state index contributed by atoms with van der Waals surface area (Å²) < 4.78 is 10.3. The molecule has 1 N–H and O–H groups in total. The number of benzene rings is 1. The molecule has 2 atom stereocenters. The number of nitrogens with one attached hydrogen (secondary N) is 1. The number of hydrogen-bond acceptors (Lipinski definition) is 4. The van der Waals surface area contributed by atoms with Gasteiger partial charge < -0.3 is 19.7 Å². The minimum atomic E-state index is 0.129. The molecule has 2 rings (SSSR count). The van der Waals surface area contributed by atoms with Gasteiger partial charge in [0.05, 0.1) is 0 Å². The quantitative estimate of drug-likeness (QED) is 0.499. The fraction of sp³-hybridized carbons (Fsp3) is 0.632. The van der Waals surface area contributed by atoms with Crippen LogP contribution in [0.3, 0.4) is 0 Å². The van der Waals surface area contributed by atoms with Crippen molar-refractivity contribution < 1.29 is 14.3 Å². The Morgan fingerprint density at radius 2 is 1.96 bits per heavy atom. The topological polar surface area (TPSA) is 50.8 Å². The van der Waals surface area contributed by atoms with Crippen molar-refractivity contribution in [1.82, 2.24) is 10.2 Å². The van der Waals surface area contributed by atoms with Gasteiger partial charge in [-0.1, -0.05) is 26.0 Å². The number of amides is 1. The Kier molecular flexibility index (Phi) is 7.53. The van der Waals surface area contributed by atoms with E-state index in [0.717, 1.165) is 44.8 Å². The first kappa shape index (κ1) is 18.7. The van der Waals surface area contributed by atoms with E-state index in [0.29, 0.717) is 5.92 Å². The molecule has 0 aliphatic heterocycles. The van der Waals surface area contributed by atoms with Gasteiger partial charge in [-0.25, -0.2) is 0 Å². The van der Waals surface area contributed by atoms with E-state index in [4.69, 9.17) is 9.47 Å². The second-order valence-electron chi connectivity index (χ2n) is 6.24. The van der Waals surface area contributed by atoms with Crippen LogP contribution >= 0.6 is 0 Å². The first-order valence-electron chi connectivity index (χ1n) is 8.91. The fourth-order valence-electron chi connectivity index (χ4n) is 2.98. The van der Waals surface area contributed by atoms with E-state index in [1.807, 2.05) is 24.3 Å². The highest BCUT2D eigenvalue weighted by Crippen LogP contribution is 2.47. The average molecular weight is 334 g/mol. The zero-order chi connectivity index (χ0) is 17.4. The van der Waals surface area contributed by atoms with Crippen molar-refractivity contribution in [3.05, 3.63) is 29.8 Å². The van der Waals surface area contributed by atoms with Gasteiger partial charge in [-0.2, -0.15) is 0 Å². The zero-order valence-corrected chi connectivity index (χ0v) is 15.1. The summed E-state index contributed by atoms with van der Waals surface area (Å²) in [5, 5.41) is 3.08. The second-order valence-corrected chi connectivity index (χ2v) is 6.24. The van der Waals surface area contributed by atoms with Gasteiger partial charge in [-0.15, -0.1) is 0 Å². The predicted molar refractivity (Wildman–Crippen MR) is 95.2 cm³/mol. The number of carbonyl (C=O) groups is 1. The van der Waals surface area contributed by atoms with Crippen molar-refractivity contribution in [3.8, 4) is 5.75 Å². The third-order valence-electron chi connectivity index (χ3n) is 4.62. The molecule has 1 amide bonds. The minimum absolute atomic E-state index is 0.129.